The van der Waals surface area contributed by atoms with Gasteiger partial charge in [0, 0.05) is 25.6 Å². The van der Waals surface area contributed by atoms with Crippen LogP contribution in [0.4, 0.5) is 4.39 Å². The third kappa shape index (κ3) is 5.53. The summed E-state index contributed by atoms with van der Waals surface area (Å²) in [4.78, 5) is 26.5. The minimum absolute atomic E-state index is 0.0319. The minimum atomic E-state index is -0.724. The molecule has 0 bridgehead atoms. The van der Waals surface area contributed by atoms with Crippen LogP contribution >= 0.6 is 0 Å². The standard InChI is InChI=1S/C25H33FN2O3/c26-22(17-19-7-3-1-4-8-19)24(30)28-15-13-25(14-16-28)12-11-21(31-25)18-27-23(29)20-9-5-2-6-10-20/h1,3-4,7-8,17,20-21H,2,5-6,9-16,18H2,(H,27,29)/b22-17-. The summed E-state index contributed by atoms with van der Waals surface area (Å²) in [6.45, 7) is 1.56. The van der Waals surface area contributed by atoms with Crippen LogP contribution in [0.1, 0.15) is 63.4 Å². The molecule has 1 aromatic rings. The van der Waals surface area contributed by atoms with Crippen LogP contribution in [0.25, 0.3) is 6.08 Å². The average Bonchev–Trinajstić information content (AvgIpc) is 3.21. The molecule has 1 spiro atoms. The zero-order valence-electron chi connectivity index (χ0n) is 18.2. The van der Waals surface area contributed by atoms with Gasteiger partial charge >= 0.3 is 0 Å². The Morgan fingerprint density at radius 1 is 1.06 bits per heavy atom. The van der Waals surface area contributed by atoms with E-state index in [0.29, 0.717) is 38.0 Å². The molecule has 1 aromatic carbocycles. The largest absolute Gasteiger partial charge is 0.370 e. The van der Waals surface area contributed by atoms with Gasteiger partial charge < -0.3 is 15.0 Å². The van der Waals surface area contributed by atoms with Gasteiger partial charge in [-0.2, -0.15) is 0 Å². The summed E-state index contributed by atoms with van der Waals surface area (Å²) in [5, 5.41) is 3.10. The number of benzene rings is 1. The van der Waals surface area contributed by atoms with Gasteiger partial charge in [0.2, 0.25) is 5.91 Å². The lowest BCUT2D eigenvalue weighted by molar-refractivity contribution is -0.136. The van der Waals surface area contributed by atoms with Gasteiger partial charge in [-0.15, -0.1) is 0 Å². The first-order chi connectivity index (χ1) is 15.0. The molecule has 2 aliphatic heterocycles. The Morgan fingerprint density at radius 2 is 1.77 bits per heavy atom. The van der Waals surface area contributed by atoms with Gasteiger partial charge in [0.1, 0.15) is 0 Å². The lowest BCUT2D eigenvalue weighted by Gasteiger charge is -2.39. The Morgan fingerprint density at radius 3 is 2.48 bits per heavy atom. The third-order valence-corrected chi connectivity index (χ3v) is 7.08. The van der Waals surface area contributed by atoms with Crippen molar-refractivity contribution in [2.75, 3.05) is 19.6 Å². The molecule has 1 saturated carbocycles. The number of piperidine rings is 1. The Hall–Kier alpha value is -2.21. The lowest BCUT2D eigenvalue weighted by atomic mass is 9.88. The summed E-state index contributed by atoms with van der Waals surface area (Å²) in [6, 6.07) is 9.05. The van der Waals surface area contributed by atoms with Crippen LogP contribution in [-0.4, -0.2) is 48.1 Å². The first-order valence-corrected chi connectivity index (χ1v) is 11.7. The maximum Gasteiger partial charge on any atom is 0.282 e. The molecule has 31 heavy (non-hydrogen) atoms. The molecular formula is C25H33FN2O3. The number of nitrogens with one attached hydrogen (secondary N) is 1. The van der Waals surface area contributed by atoms with Crippen LogP contribution in [0.5, 0.6) is 0 Å². The molecule has 168 valence electrons. The highest BCUT2D eigenvalue weighted by Gasteiger charge is 2.43. The van der Waals surface area contributed by atoms with E-state index in [1.54, 1.807) is 17.0 Å². The number of carbonyl (C=O) groups excluding carboxylic acids is 2. The fraction of sp³-hybridized carbons (Fsp3) is 0.600. The predicted molar refractivity (Wildman–Crippen MR) is 118 cm³/mol. The molecule has 2 amide bonds. The summed E-state index contributed by atoms with van der Waals surface area (Å²) >= 11 is 0. The molecule has 4 rings (SSSR count). The van der Waals surface area contributed by atoms with E-state index in [-0.39, 0.29) is 23.5 Å². The molecule has 3 fully saturated rings. The van der Waals surface area contributed by atoms with Gasteiger partial charge in [-0.1, -0.05) is 49.6 Å². The van der Waals surface area contributed by atoms with Crippen LogP contribution in [0, 0.1) is 5.92 Å². The van der Waals surface area contributed by atoms with Crippen molar-refractivity contribution in [3.05, 3.63) is 41.7 Å². The zero-order valence-corrected chi connectivity index (χ0v) is 18.2. The number of hydrogen-bond donors (Lipinski definition) is 1. The van der Waals surface area contributed by atoms with Gasteiger partial charge in [0.25, 0.3) is 5.91 Å². The van der Waals surface area contributed by atoms with E-state index >= 15 is 0 Å². The van der Waals surface area contributed by atoms with E-state index in [2.05, 4.69) is 5.32 Å². The predicted octanol–water partition coefficient (Wildman–Crippen LogP) is 4.23. The number of nitrogens with zero attached hydrogens (tertiary/aromatic N) is 1. The molecule has 1 aliphatic carbocycles. The molecule has 1 atom stereocenters. The van der Waals surface area contributed by atoms with Gasteiger partial charge in [-0.25, -0.2) is 4.39 Å². The van der Waals surface area contributed by atoms with Crippen molar-refractivity contribution in [1.29, 1.82) is 0 Å². The van der Waals surface area contributed by atoms with Crippen LogP contribution in [0.3, 0.4) is 0 Å². The van der Waals surface area contributed by atoms with E-state index in [1.807, 2.05) is 18.2 Å². The Kier molecular flexibility index (Phi) is 7.06. The fourth-order valence-electron chi connectivity index (χ4n) is 5.16. The van der Waals surface area contributed by atoms with Gasteiger partial charge in [-0.3, -0.25) is 9.59 Å². The molecule has 1 unspecified atom stereocenters. The van der Waals surface area contributed by atoms with Gasteiger partial charge in [-0.05, 0) is 50.2 Å². The number of ether oxygens (including phenoxy) is 1. The smallest absolute Gasteiger partial charge is 0.282 e. The van der Waals surface area contributed by atoms with Crippen molar-refractivity contribution >= 4 is 17.9 Å². The van der Waals surface area contributed by atoms with Crippen LogP contribution in [0.15, 0.2) is 36.2 Å². The van der Waals surface area contributed by atoms with E-state index in [9.17, 15) is 14.0 Å². The number of amides is 2. The molecule has 0 radical (unpaired) electrons. The highest BCUT2D eigenvalue weighted by atomic mass is 19.1. The number of likely N-dealkylation sites (tertiary alicyclic amines) is 1. The summed E-state index contributed by atoms with van der Waals surface area (Å²) in [6.07, 6.45) is 10.1. The number of carbonyl (C=O) groups is 2. The first kappa shape index (κ1) is 22.0. The molecule has 3 aliphatic rings. The molecule has 6 heteroatoms. The Balaban J connectivity index is 1.23. The first-order valence-electron chi connectivity index (χ1n) is 11.7. The van der Waals surface area contributed by atoms with Crippen molar-refractivity contribution in [2.24, 2.45) is 5.92 Å². The van der Waals surface area contributed by atoms with Crippen molar-refractivity contribution in [1.82, 2.24) is 10.2 Å². The normalized spacial score (nSPS) is 24.4. The quantitative estimate of drug-likeness (QED) is 0.714. The summed E-state index contributed by atoms with van der Waals surface area (Å²) in [5.74, 6) is -0.937. The highest BCUT2D eigenvalue weighted by Crippen LogP contribution is 2.39. The lowest BCUT2D eigenvalue weighted by Crippen LogP contribution is -2.47. The highest BCUT2D eigenvalue weighted by molar-refractivity contribution is 5.95. The zero-order chi connectivity index (χ0) is 21.7. The second kappa shape index (κ2) is 9.94. The molecule has 2 saturated heterocycles. The Bertz CT molecular complexity index is 796. The topological polar surface area (TPSA) is 58.6 Å². The molecule has 5 nitrogen and oxygen atoms in total. The van der Waals surface area contributed by atoms with Crippen molar-refractivity contribution in [2.45, 2.75) is 69.5 Å². The SMILES string of the molecule is O=C(NCC1CCC2(CCN(C(=O)/C(F)=C/c3ccccc3)CC2)O1)C1CCCCC1. The second-order valence-electron chi connectivity index (χ2n) is 9.24. The average molecular weight is 429 g/mol. The maximum absolute atomic E-state index is 14.4. The van der Waals surface area contributed by atoms with Crippen LogP contribution in [-0.2, 0) is 14.3 Å². The molecule has 2 heterocycles. The summed E-state index contributed by atoms with van der Waals surface area (Å²) in [7, 11) is 0. The van der Waals surface area contributed by atoms with Crippen molar-refractivity contribution in [3.63, 3.8) is 0 Å². The number of halogens is 1. The van der Waals surface area contributed by atoms with Crippen LogP contribution in [0.2, 0.25) is 0 Å². The van der Waals surface area contributed by atoms with E-state index in [1.165, 1.54) is 12.5 Å². The monoisotopic (exact) mass is 428 g/mol. The number of rotatable bonds is 5. The summed E-state index contributed by atoms with van der Waals surface area (Å²) in [5.41, 5.74) is 0.440. The van der Waals surface area contributed by atoms with Gasteiger partial charge in [0.15, 0.2) is 5.83 Å². The van der Waals surface area contributed by atoms with Crippen LogP contribution < -0.4 is 5.32 Å². The van der Waals surface area contributed by atoms with E-state index in [4.69, 9.17) is 4.74 Å². The molecule has 0 aromatic heterocycles. The number of hydrogen-bond acceptors (Lipinski definition) is 3. The minimum Gasteiger partial charge on any atom is -0.370 e. The van der Waals surface area contributed by atoms with Gasteiger partial charge in [0.05, 0.1) is 11.7 Å². The second-order valence-corrected chi connectivity index (χ2v) is 9.24. The molecular weight excluding hydrogens is 395 g/mol. The van der Waals surface area contributed by atoms with E-state index < -0.39 is 11.7 Å². The Labute approximate surface area is 184 Å². The fourth-order valence-corrected chi connectivity index (χ4v) is 5.16. The maximum atomic E-state index is 14.4. The van der Waals surface area contributed by atoms with Crippen molar-refractivity contribution < 1.29 is 18.7 Å². The molecule has 1 N–H and O–H groups in total. The van der Waals surface area contributed by atoms with Crippen molar-refractivity contribution in [3.8, 4) is 0 Å². The third-order valence-electron chi connectivity index (χ3n) is 7.08. The van der Waals surface area contributed by atoms with E-state index in [0.717, 1.165) is 38.5 Å². The summed E-state index contributed by atoms with van der Waals surface area (Å²) < 4.78 is 20.8.